The zero-order valence-electron chi connectivity index (χ0n) is 15.6. The van der Waals surface area contributed by atoms with Gasteiger partial charge in [-0.3, -0.25) is 23.5 Å². The molecule has 28 heavy (non-hydrogen) atoms. The summed E-state index contributed by atoms with van der Waals surface area (Å²) in [4.78, 5) is 37.0. The molecule has 9 heteroatoms. The summed E-state index contributed by atoms with van der Waals surface area (Å²) in [5.74, 6) is 0.174. The van der Waals surface area contributed by atoms with Crippen LogP contribution >= 0.6 is 0 Å². The molecule has 0 spiro atoms. The summed E-state index contributed by atoms with van der Waals surface area (Å²) in [6.07, 6.45) is 2.03. The number of aromatic nitrogens is 2. The fourth-order valence-corrected chi connectivity index (χ4v) is 2.39. The lowest BCUT2D eigenvalue weighted by Crippen LogP contribution is -2.32. The number of benzene rings is 1. The number of aromatic amines is 1. The fraction of sp³-hybridized carbons (Fsp3) is 0.421. The number of hydrogen-bond donors (Lipinski definition) is 1. The predicted molar refractivity (Wildman–Crippen MR) is 99.2 cm³/mol. The molecule has 0 aliphatic carbocycles. The van der Waals surface area contributed by atoms with E-state index in [4.69, 9.17) is 14.2 Å². The van der Waals surface area contributed by atoms with Crippen molar-refractivity contribution in [2.75, 3.05) is 26.5 Å². The molecule has 152 valence electrons. The van der Waals surface area contributed by atoms with Gasteiger partial charge in [-0.2, -0.15) is 0 Å². The molecule has 0 bridgehead atoms. The van der Waals surface area contributed by atoms with Crippen LogP contribution in [0.4, 0.5) is 4.39 Å². The van der Waals surface area contributed by atoms with Crippen molar-refractivity contribution in [1.29, 1.82) is 0 Å². The molecule has 0 aliphatic rings. The molecular weight excluding hydrogens is 371 g/mol. The van der Waals surface area contributed by atoms with Gasteiger partial charge >= 0.3 is 11.7 Å². The molecule has 0 saturated heterocycles. The van der Waals surface area contributed by atoms with Crippen LogP contribution in [0, 0.1) is 0 Å². The number of halogens is 1. The van der Waals surface area contributed by atoms with Crippen molar-refractivity contribution < 1.29 is 23.4 Å². The van der Waals surface area contributed by atoms with Crippen molar-refractivity contribution in [2.24, 2.45) is 0 Å². The van der Waals surface area contributed by atoms with Gasteiger partial charge in [-0.05, 0) is 17.7 Å². The number of rotatable bonds is 11. The fourth-order valence-electron chi connectivity index (χ4n) is 2.39. The number of hydrogen-bond acceptors (Lipinski definition) is 6. The Morgan fingerprint density at radius 1 is 1.21 bits per heavy atom. The van der Waals surface area contributed by atoms with E-state index < -0.39 is 23.9 Å². The zero-order valence-corrected chi connectivity index (χ0v) is 15.6. The lowest BCUT2D eigenvalue weighted by atomic mass is 10.1. The van der Waals surface area contributed by atoms with Crippen molar-refractivity contribution in [2.45, 2.75) is 26.5 Å². The van der Waals surface area contributed by atoms with Gasteiger partial charge in [0.05, 0.1) is 19.9 Å². The first-order valence-corrected chi connectivity index (χ1v) is 8.81. The Morgan fingerprint density at radius 3 is 2.79 bits per heavy atom. The largest absolute Gasteiger partial charge is 0.493 e. The highest BCUT2D eigenvalue weighted by atomic mass is 19.1. The summed E-state index contributed by atoms with van der Waals surface area (Å²) in [6.45, 7) is 1.24. The average Bonchev–Trinajstić information content (AvgIpc) is 2.65. The third-order valence-corrected chi connectivity index (χ3v) is 3.69. The Morgan fingerprint density at radius 2 is 2.04 bits per heavy atom. The maximum atomic E-state index is 12.2. The SMILES string of the molecule is CC(=O)OCCOCn1cc(Cc2cccc(OCCCF)c2)c(=O)[nH]c1=O. The number of H-pyrrole nitrogens is 1. The van der Waals surface area contributed by atoms with Gasteiger partial charge in [0.25, 0.3) is 5.56 Å². The molecule has 8 nitrogen and oxygen atoms in total. The number of esters is 1. The van der Waals surface area contributed by atoms with E-state index in [1.165, 1.54) is 17.7 Å². The van der Waals surface area contributed by atoms with Crippen LogP contribution in [0.2, 0.25) is 0 Å². The molecule has 0 fully saturated rings. The first-order chi connectivity index (χ1) is 13.5. The highest BCUT2D eigenvalue weighted by molar-refractivity contribution is 5.65. The Hall–Kier alpha value is -2.94. The van der Waals surface area contributed by atoms with E-state index in [9.17, 15) is 18.8 Å². The van der Waals surface area contributed by atoms with E-state index in [0.29, 0.717) is 17.7 Å². The lowest BCUT2D eigenvalue weighted by molar-refractivity contribution is -0.142. The summed E-state index contributed by atoms with van der Waals surface area (Å²) in [6, 6.07) is 7.13. The molecule has 0 aliphatic heterocycles. The minimum Gasteiger partial charge on any atom is -0.493 e. The van der Waals surface area contributed by atoms with Crippen molar-refractivity contribution in [3.8, 4) is 5.75 Å². The second-order valence-electron chi connectivity index (χ2n) is 5.98. The van der Waals surface area contributed by atoms with Gasteiger partial charge in [-0.15, -0.1) is 0 Å². The molecule has 2 rings (SSSR count). The first kappa shape index (κ1) is 21.4. The quantitative estimate of drug-likeness (QED) is 0.457. The normalized spacial score (nSPS) is 10.6. The maximum absolute atomic E-state index is 12.2. The predicted octanol–water partition coefficient (Wildman–Crippen LogP) is 1.40. The maximum Gasteiger partial charge on any atom is 0.330 e. The van der Waals surface area contributed by atoms with Crippen LogP contribution in [-0.2, 0) is 27.4 Å². The molecule has 1 aromatic carbocycles. The number of nitrogens with one attached hydrogen (secondary N) is 1. The van der Waals surface area contributed by atoms with E-state index in [0.717, 1.165) is 5.56 Å². The highest BCUT2D eigenvalue weighted by Crippen LogP contribution is 2.15. The number of carbonyl (C=O) groups is 1. The lowest BCUT2D eigenvalue weighted by Gasteiger charge is -2.10. The molecule has 1 aromatic heterocycles. The van der Waals surface area contributed by atoms with Crippen molar-refractivity contribution in [1.82, 2.24) is 9.55 Å². The molecule has 0 amide bonds. The average molecular weight is 394 g/mol. The number of carbonyl (C=O) groups excluding carboxylic acids is 1. The molecule has 0 radical (unpaired) electrons. The topological polar surface area (TPSA) is 99.6 Å². The van der Waals surface area contributed by atoms with Gasteiger partial charge in [0, 0.05) is 31.5 Å². The van der Waals surface area contributed by atoms with Crippen molar-refractivity contribution in [3.05, 3.63) is 62.4 Å². The van der Waals surface area contributed by atoms with Crippen LogP contribution in [-0.4, -0.2) is 42.0 Å². The Labute approximate surface area is 160 Å². The molecule has 1 N–H and O–H groups in total. The van der Waals surface area contributed by atoms with Crippen LogP contribution in [0.3, 0.4) is 0 Å². The third-order valence-electron chi connectivity index (χ3n) is 3.69. The summed E-state index contributed by atoms with van der Waals surface area (Å²) in [5, 5.41) is 0. The smallest absolute Gasteiger partial charge is 0.330 e. The van der Waals surface area contributed by atoms with Crippen LogP contribution in [0.15, 0.2) is 40.1 Å². The van der Waals surface area contributed by atoms with Crippen molar-refractivity contribution >= 4 is 5.97 Å². The monoisotopic (exact) mass is 394 g/mol. The molecule has 0 unspecified atom stereocenters. The summed E-state index contributed by atoms with van der Waals surface area (Å²) >= 11 is 0. The van der Waals surface area contributed by atoms with E-state index in [1.54, 1.807) is 18.2 Å². The zero-order chi connectivity index (χ0) is 20.4. The van der Waals surface area contributed by atoms with Crippen LogP contribution < -0.4 is 16.0 Å². The minimum atomic E-state index is -0.593. The molecule has 0 atom stereocenters. The van der Waals surface area contributed by atoms with Crippen molar-refractivity contribution in [3.63, 3.8) is 0 Å². The summed E-state index contributed by atoms with van der Waals surface area (Å²) < 4.78 is 28.9. The molecule has 0 saturated carbocycles. The second kappa shape index (κ2) is 11.0. The van der Waals surface area contributed by atoms with E-state index >= 15 is 0 Å². The highest BCUT2D eigenvalue weighted by Gasteiger charge is 2.07. The van der Waals surface area contributed by atoms with E-state index in [1.807, 2.05) is 6.07 Å². The second-order valence-corrected chi connectivity index (χ2v) is 5.98. The Bertz CT molecular complexity index is 892. The Balaban J connectivity index is 2.03. The number of ether oxygens (including phenoxy) is 3. The van der Waals surface area contributed by atoms with E-state index in [-0.39, 0.29) is 33.0 Å². The van der Waals surface area contributed by atoms with Crippen LogP contribution in [0.5, 0.6) is 5.75 Å². The molecule has 2 aromatic rings. The van der Waals surface area contributed by atoms with E-state index in [2.05, 4.69) is 4.98 Å². The van der Waals surface area contributed by atoms with Gasteiger partial charge in [-0.25, -0.2) is 4.79 Å². The van der Waals surface area contributed by atoms with Crippen LogP contribution in [0.25, 0.3) is 0 Å². The van der Waals surface area contributed by atoms with Gasteiger partial charge in [0.15, 0.2) is 0 Å². The summed E-state index contributed by atoms with van der Waals surface area (Å²) in [5.41, 5.74) is 0.114. The van der Waals surface area contributed by atoms with Gasteiger partial charge < -0.3 is 14.2 Å². The standard InChI is InChI=1S/C19H23FN2O6/c1-14(23)27-9-8-26-13-22-12-16(18(24)21-19(22)25)10-15-4-2-5-17(11-15)28-7-3-6-20/h2,4-5,11-12H,3,6-10,13H2,1H3,(H,21,24,25). The molecule has 1 heterocycles. The summed E-state index contributed by atoms with van der Waals surface area (Å²) in [7, 11) is 0. The Kier molecular flexibility index (Phi) is 8.41. The molecular formula is C19H23FN2O6. The van der Waals surface area contributed by atoms with Crippen LogP contribution in [0.1, 0.15) is 24.5 Å². The van der Waals surface area contributed by atoms with Gasteiger partial charge in [0.1, 0.15) is 19.1 Å². The van der Waals surface area contributed by atoms with Gasteiger partial charge in [0.2, 0.25) is 0 Å². The minimum absolute atomic E-state index is 0.0789. The third kappa shape index (κ3) is 6.99. The first-order valence-electron chi connectivity index (χ1n) is 8.81. The number of alkyl halides is 1. The number of nitrogens with zero attached hydrogens (tertiary/aromatic N) is 1. The van der Waals surface area contributed by atoms with Gasteiger partial charge in [-0.1, -0.05) is 12.1 Å².